The summed E-state index contributed by atoms with van der Waals surface area (Å²) in [7, 11) is 0. The van der Waals surface area contributed by atoms with Crippen molar-refractivity contribution < 1.29 is 0 Å². The Balaban J connectivity index is 1.57. The zero-order chi connectivity index (χ0) is 24.9. The van der Waals surface area contributed by atoms with Crippen LogP contribution in [0.3, 0.4) is 0 Å². The van der Waals surface area contributed by atoms with E-state index in [-0.39, 0.29) is 0 Å². The summed E-state index contributed by atoms with van der Waals surface area (Å²) in [5.41, 5.74) is 2.39. The van der Waals surface area contributed by atoms with E-state index in [0.29, 0.717) is 29.7 Å². The SMILES string of the molecule is CCCC(Nc1cc2c([C@@H]3CCN(c4cccc(C(C)C)n4)CC3C)nccc2cn1)[C@H](C)CC. The number of nitrogens with one attached hydrogen (secondary N) is 1. The highest BCUT2D eigenvalue weighted by Gasteiger charge is 2.30. The molecule has 2 unspecified atom stereocenters. The van der Waals surface area contributed by atoms with E-state index in [1.165, 1.54) is 35.0 Å². The van der Waals surface area contributed by atoms with Crippen LogP contribution in [0.4, 0.5) is 11.6 Å². The molecule has 5 heteroatoms. The molecule has 0 aromatic carbocycles. The van der Waals surface area contributed by atoms with Crippen LogP contribution in [-0.4, -0.2) is 34.1 Å². The lowest BCUT2D eigenvalue weighted by Crippen LogP contribution is -2.39. The first-order valence-electron chi connectivity index (χ1n) is 13.6. The average molecular weight is 474 g/mol. The van der Waals surface area contributed by atoms with E-state index in [0.717, 1.165) is 37.6 Å². The van der Waals surface area contributed by atoms with Crippen molar-refractivity contribution in [2.24, 2.45) is 11.8 Å². The molecule has 1 aliphatic rings. The highest BCUT2D eigenvalue weighted by Crippen LogP contribution is 2.37. The van der Waals surface area contributed by atoms with Crippen LogP contribution in [0, 0.1) is 11.8 Å². The van der Waals surface area contributed by atoms with Gasteiger partial charge in [-0.3, -0.25) is 4.98 Å². The van der Waals surface area contributed by atoms with E-state index in [1.807, 2.05) is 12.4 Å². The Morgan fingerprint density at radius 2 is 1.94 bits per heavy atom. The predicted octanol–water partition coefficient (Wildman–Crippen LogP) is 7.40. The summed E-state index contributed by atoms with van der Waals surface area (Å²) in [6.45, 7) is 15.6. The molecule has 1 N–H and O–H groups in total. The molecular weight excluding hydrogens is 430 g/mol. The number of piperidine rings is 1. The number of nitrogens with zero attached hydrogens (tertiary/aromatic N) is 4. The summed E-state index contributed by atoms with van der Waals surface area (Å²) in [4.78, 5) is 17.1. The second-order valence-corrected chi connectivity index (χ2v) is 10.8. The Morgan fingerprint density at radius 3 is 2.66 bits per heavy atom. The fourth-order valence-electron chi connectivity index (χ4n) is 5.44. The van der Waals surface area contributed by atoms with E-state index < -0.39 is 0 Å². The van der Waals surface area contributed by atoms with E-state index in [1.54, 1.807) is 0 Å². The van der Waals surface area contributed by atoms with Gasteiger partial charge in [0.25, 0.3) is 0 Å². The Bertz CT molecular complexity index is 1110. The molecule has 4 rings (SSSR count). The summed E-state index contributed by atoms with van der Waals surface area (Å²) >= 11 is 0. The molecule has 5 nitrogen and oxygen atoms in total. The van der Waals surface area contributed by atoms with Gasteiger partial charge in [0.15, 0.2) is 0 Å². The number of aromatic nitrogens is 3. The lowest BCUT2D eigenvalue weighted by atomic mass is 9.82. The first kappa shape index (κ1) is 25.4. The van der Waals surface area contributed by atoms with Gasteiger partial charge in [0.2, 0.25) is 0 Å². The second-order valence-electron chi connectivity index (χ2n) is 10.8. The summed E-state index contributed by atoms with van der Waals surface area (Å²) in [5.74, 6) is 4.06. The van der Waals surface area contributed by atoms with Crippen LogP contribution in [0.15, 0.2) is 42.7 Å². The quantitative estimate of drug-likeness (QED) is 0.351. The summed E-state index contributed by atoms with van der Waals surface area (Å²) in [6.07, 6.45) is 8.56. The molecule has 3 aromatic rings. The second kappa shape index (κ2) is 11.4. The number of rotatable bonds is 9. The fourth-order valence-corrected chi connectivity index (χ4v) is 5.44. The third-order valence-electron chi connectivity index (χ3n) is 7.87. The zero-order valence-electron chi connectivity index (χ0n) is 22.5. The molecule has 0 aliphatic carbocycles. The third-order valence-corrected chi connectivity index (χ3v) is 7.87. The molecule has 0 saturated carbocycles. The first-order valence-corrected chi connectivity index (χ1v) is 13.6. The number of hydrogen-bond acceptors (Lipinski definition) is 5. The molecule has 0 bridgehead atoms. The van der Waals surface area contributed by atoms with Crippen molar-refractivity contribution in [2.75, 3.05) is 23.3 Å². The Labute approximate surface area is 211 Å². The van der Waals surface area contributed by atoms with Crippen molar-refractivity contribution in [3.05, 3.63) is 54.1 Å². The molecule has 1 fully saturated rings. The van der Waals surface area contributed by atoms with Gasteiger partial charge in [-0.25, -0.2) is 9.97 Å². The smallest absolute Gasteiger partial charge is 0.128 e. The van der Waals surface area contributed by atoms with E-state index in [2.05, 4.69) is 82.1 Å². The number of fused-ring (bicyclic) bond motifs is 1. The average Bonchev–Trinajstić information content (AvgIpc) is 2.87. The van der Waals surface area contributed by atoms with Crippen LogP contribution < -0.4 is 10.2 Å². The molecule has 0 spiro atoms. The minimum absolute atomic E-state index is 0.430. The predicted molar refractivity (Wildman–Crippen MR) is 148 cm³/mol. The van der Waals surface area contributed by atoms with Crippen molar-refractivity contribution >= 4 is 22.4 Å². The molecule has 4 heterocycles. The summed E-state index contributed by atoms with van der Waals surface area (Å²) in [6, 6.07) is 11.2. The van der Waals surface area contributed by atoms with Gasteiger partial charge in [0.05, 0.1) is 5.69 Å². The molecule has 0 radical (unpaired) electrons. The maximum Gasteiger partial charge on any atom is 0.128 e. The standard InChI is InChI=1S/C30H43N5/c1-7-10-27(21(5)8-2)33-28-17-25-23(18-32-28)13-15-31-30(25)24-14-16-35(19-22(24)6)29-12-9-11-26(34-29)20(3)4/h9,11-13,15,17-18,20-22,24,27H,7-8,10,14,16,19H2,1-6H3,(H,32,33)/t21-,22?,24-,27?/m1/s1. The van der Waals surface area contributed by atoms with Gasteiger partial charge in [0, 0.05) is 53.9 Å². The van der Waals surface area contributed by atoms with Crippen LogP contribution in [0.5, 0.6) is 0 Å². The van der Waals surface area contributed by atoms with Crippen molar-refractivity contribution in [3.8, 4) is 0 Å². The van der Waals surface area contributed by atoms with E-state index in [9.17, 15) is 0 Å². The molecule has 3 aromatic heterocycles. The monoisotopic (exact) mass is 473 g/mol. The van der Waals surface area contributed by atoms with Gasteiger partial charge in [-0.2, -0.15) is 0 Å². The fraction of sp³-hybridized carbons (Fsp3) is 0.567. The molecular formula is C30H43N5. The number of hydrogen-bond donors (Lipinski definition) is 1. The maximum atomic E-state index is 4.95. The Morgan fingerprint density at radius 1 is 1.11 bits per heavy atom. The lowest BCUT2D eigenvalue weighted by Gasteiger charge is -2.38. The van der Waals surface area contributed by atoms with Crippen LogP contribution in [0.2, 0.25) is 0 Å². The van der Waals surface area contributed by atoms with Crippen molar-refractivity contribution in [1.82, 2.24) is 15.0 Å². The minimum Gasteiger partial charge on any atom is -0.367 e. The summed E-state index contributed by atoms with van der Waals surface area (Å²) in [5, 5.41) is 6.17. The molecule has 188 valence electrons. The van der Waals surface area contributed by atoms with Gasteiger partial charge in [-0.05, 0) is 54.9 Å². The zero-order valence-corrected chi connectivity index (χ0v) is 22.5. The van der Waals surface area contributed by atoms with Crippen LogP contribution >= 0.6 is 0 Å². The van der Waals surface area contributed by atoms with Gasteiger partial charge in [-0.15, -0.1) is 0 Å². The van der Waals surface area contributed by atoms with Gasteiger partial charge >= 0.3 is 0 Å². The first-order chi connectivity index (χ1) is 16.9. The van der Waals surface area contributed by atoms with Crippen molar-refractivity contribution in [3.63, 3.8) is 0 Å². The Hall–Kier alpha value is -2.69. The van der Waals surface area contributed by atoms with Crippen molar-refractivity contribution in [1.29, 1.82) is 0 Å². The highest BCUT2D eigenvalue weighted by molar-refractivity contribution is 5.86. The van der Waals surface area contributed by atoms with Crippen LogP contribution in [0.25, 0.3) is 10.8 Å². The molecule has 35 heavy (non-hydrogen) atoms. The number of pyridine rings is 3. The van der Waals surface area contributed by atoms with Gasteiger partial charge in [0.1, 0.15) is 11.6 Å². The van der Waals surface area contributed by atoms with E-state index >= 15 is 0 Å². The molecule has 0 amide bonds. The highest BCUT2D eigenvalue weighted by atomic mass is 15.2. The number of anilines is 2. The minimum atomic E-state index is 0.430. The van der Waals surface area contributed by atoms with E-state index in [4.69, 9.17) is 15.0 Å². The van der Waals surface area contributed by atoms with Gasteiger partial charge in [-0.1, -0.05) is 60.5 Å². The van der Waals surface area contributed by atoms with Crippen LogP contribution in [-0.2, 0) is 0 Å². The Kier molecular flexibility index (Phi) is 8.25. The molecule has 1 saturated heterocycles. The summed E-state index contributed by atoms with van der Waals surface area (Å²) < 4.78 is 0. The largest absolute Gasteiger partial charge is 0.367 e. The van der Waals surface area contributed by atoms with Gasteiger partial charge < -0.3 is 10.2 Å². The third kappa shape index (κ3) is 5.76. The molecule has 1 aliphatic heterocycles. The molecule has 4 atom stereocenters. The topological polar surface area (TPSA) is 53.9 Å². The van der Waals surface area contributed by atoms with Crippen LogP contribution in [0.1, 0.15) is 90.4 Å². The normalized spacial score (nSPS) is 20.3. The maximum absolute atomic E-state index is 4.95. The lowest BCUT2D eigenvalue weighted by molar-refractivity contribution is 0.378. The van der Waals surface area contributed by atoms with Crippen molar-refractivity contribution in [2.45, 2.75) is 85.1 Å².